The molecule has 2 heterocycles. The zero-order chi connectivity index (χ0) is 18.4. The van der Waals surface area contributed by atoms with Crippen LogP contribution in [0.15, 0.2) is 77.9 Å². The standard InChI is InChI=1S/C23H20N2O2/c1-15-10-12-16(13-11-15)23-25-20(18-7-3-5-9-22(18)27-23)14-19(24-25)17-6-2-4-8-21(17)26/h2-13,20,23,26H,14H2,1H3/t20-,23-/m0/s1. The van der Waals surface area contributed by atoms with Crippen LogP contribution in [0.25, 0.3) is 0 Å². The van der Waals surface area contributed by atoms with Gasteiger partial charge >= 0.3 is 0 Å². The van der Waals surface area contributed by atoms with Crippen LogP contribution in [0.3, 0.4) is 0 Å². The molecule has 0 saturated heterocycles. The first kappa shape index (κ1) is 15.9. The number of aromatic hydroxyl groups is 1. The molecule has 3 aromatic carbocycles. The first-order chi connectivity index (χ1) is 13.2. The van der Waals surface area contributed by atoms with E-state index in [0.29, 0.717) is 0 Å². The zero-order valence-electron chi connectivity index (χ0n) is 15.0. The van der Waals surface area contributed by atoms with Gasteiger partial charge in [-0.1, -0.05) is 60.2 Å². The number of hydrogen-bond donors (Lipinski definition) is 1. The molecule has 0 radical (unpaired) electrons. The summed E-state index contributed by atoms with van der Waals surface area (Å²) in [5, 5.41) is 17.2. The van der Waals surface area contributed by atoms with E-state index >= 15 is 0 Å². The Hall–Kier alpha value is -3.27. The number of para-hydroxylation sites is 2. The molecule has 0 aromatic heterocycles. The van der Waals surface area contributed by atoms with Crippen molar-refractivity contribution in [3.63, 3.8) is 0 Å². The van der Waals surface area contributed by atoms with Gasteiger partial charge in [-0.3, -0.25) is 0 Å². The van der Waals surface area contributed by atoms with Crippen LogP contribution in [-0.4, -0.2) is 15.8 Å². The van der Waals surface area contributed by atoms with Gasteiger partial charge in [-0.2, -0.15) is 5.10 Å². The highest BCUT2D eigenvalue weighted by Gasteiger charge is 2.41. The van der Waals surface area contributed by atoms with Gasteiger partial charge < -0.3 is 9.84 Å². The van der Waals surface area contributed by atoms with Crippen molar-refractivity contribution in [1.29, 1.82) is 0 Å². The Morgan fingerprint density at radius 3 is 2.52 bits per heavy atom. The maximum Gasteiger partial charge on any atom is 0.213 e. The van der Waals surface area contributed by atoms with Crippen molar-refractivity contribution in [3.05, 3.63) is 95.1 Å². The summed E-state index contributed by atoms with van der Waals surface area (Å²) in [4.78, 5) is 0. The summed E-state index contributed by atoms with van der Waals surface area (Å²) in [5.74, 6) is 1.16. The average Bonchev–Trinajstić information content (AvgIpc) is 3.14. The molecule has 134 valence electrons. The maximum atomic E-state index is 10.3. The van der Waals surface area contributed by atoms with Gasteiger partial charge in [0.2, 0.25) is 6.23 Å². The minimum atomic E-state index is -0.283. The number of ether oxygens (including phenoxy) is 1. The van der Waals surface area contributed by atoms with Crippen LogP contribution in [-0.2, 0) is 0 Å². The molecule has 0 unspecified atom stereocenters. The Kier molecular flexibility index (Phi) is 3.64. The molecular weight excluding hydrogens is 336 g/mol. The molecule has 0 aliphatic carbocycles. The Morgan fingerprint density at radius 1 is 0.963 bits per heavy atom. The van der Waals surface area contributed by atoms with Gasteiger partial charge in [0.15, 0.2) is 0 Å². The normalized spacial score (nSPS) is 20.5. The number of aryl methyl sites for hydroxylation is 1. The third-order valence-corrected chi connectivity index (χ3v) is 5.28. The monoisotopic (exact) mass is 356 g/mol. The highest BCUT2D eigenvalue weighted by atomic mass is 16.5. The van der Waals surface area contributed by atoms with E-state index in [4.69, 9.17) is 9.84 Å². The third kappa shape index (κ3) is 2.65. The van der Waals surface area contributed by atoms with E-state index in [1.54, 1.807) is 6.07 Å². The second-order valence-corrected chi connectivity index (χ2v) is 7.08. The number of hydrazone groups is 1. The fraction of sp³-hybridized carbons (Fsp3) is 0.174. The van der Waals surface area contributed by atoms with Crippen LogP contribution in [0.5, 0.6) is 11.5 Å². The number of phenolic OH excluding ortho intramolecular Hbond substituents is 1. The van der Waals surface area contributed by atoms with Gasteiger partial charge in [-0.05, 0) is 25.1 Å². The van der Waals surface area contributed by atoms with E-state index in [1.165, 1.54) is 5.56 Å². The molecule has 0 amide bonds. The number of rotatable bonds is 2. The molecule has 4 heteroatoms. The molecule has 0 bridgehead atoms. The van der Waals surface area contributed by atoms with Crippen molar-refractivity contribution in [2.75, 3.05) is 0 Å². The molecular formula is C23H20N2O2. The predicted octanol–water partition coefficient (Wildman–Crippen LogP) is 4.94. The number of phenols is 1. The minimum Gasteiger partial charge on any atom is -0.507 e. The molecule has 2 atom stereocenters. The fourth-order valence-corrected chi connectivity index (χ4v) is 3.87. The lowest BCUT2D eigenvalue weighted by molar-refractivity contribution is -0.0190. The summed E-state index contributed by atoms with van der Waals surface area (Å²) < 4.78 is 6.34. The zero-order valence-corrected chi connectivity index (χ0v) is 15.0. The van der Waals surface area contributed by atoms with Crippen molar-refractivity contribution < 1.29 is 9.84 Å². The average molecular weight is 356 g/mol. The van der Waals surface area contributed by atoms with Crippen LogP contribution in [0.4, 0.5) is 0 Å². The SMILES string of the molecule is Cc1ccc([C@@H]2Oc3ccccc3[C@@H]3CC(c4ccccc4O)=NN32)cc1. The topological polar surface area (TPSA) is 45.1 Å². The molecule has 0 fully saturated rings. The number of nitrogens with zero attached hydrogens (tertiary/aromatic N) is 2. The van der Waals surface area contributed by atoms with Gasteiger partial charge in [0.25, 0.3) is 0 Å². The molecule has 2 aliphatic heterocycles. The lowest BCUT2D eigenvalue weighted by atomic mass is 9.95. The number of benzene rings is 3. The fourth-order valence-electron chi connectivity index (χ4n) is 3.87. The van der Waals surface area contributed by atoms with E-state index in [2.05, 4.69) is 37.3 Å². The molecule has 0 spiro atoms. The first-order valence-electron chi connectivity index (χ1n) is 9.17. The van der Waals surface area contributed by atoms with Gasteiger partial charge in [0.05, 0.1) is 11.8 Å². The Morgan fingerprint density at radius 2 is 1.70 bits per heavy atom. The molecule has 2 aliphatic rings. The number of fused-ring (bicyclic) bond motifs is 3. The highest BCUT2D eigenvalue weighted by molar-refractivity contribution is 6.04. The van der Waals surface area contributed by atoms with Crippen LogP contribution in [0.2, 0.25) is 0 Å². The summed E-state index contributed by atoms with van der Waals surface area (Å²) >= 11 is 0. The second kappa shape index (κ2) is 6.16. The molecule has 5 rings (SSSR count). The molecule has 1 N–H and O–H groups in total. The molecule has 27 heavy (non-hydrogen) atoms. The summed E-state index contributed by atoms with van der Waals surface area (Å²) in [7, 11) is 0. The van der Waals surface area contributed by atoms with E-state index in [-0.39, 0.29) is 18.0 Å². The van der Waals surface area contributed by atoms with Gasteiger partial charge in [0, 0.05) is 23.1 Å². The summed E-state index contributed by atoms with van der Waals surface area (Å²) in [6.07, 6.45) is 0.453. The van der Waals surface area contributed by atoms with Crippen molar-refractivity contribution >= 4 is 5.71 Å². The lowest BCUT2D eigenvalue weighted by Gasteiger charge is -2.38. The maximum absolute atomic E-state index is 10.3. The van der Waals surface area contributed by atoms with Crippen LogP contribution in [0, 0.1) is 6.92 Å². The summed E-state index contributed by atoms with van der Waals surface area (Å²) in [5.41, 5.74) is 5.09. The smallest absolute Gasteiger partial charge is 0.213 e. The first-order valence-corrected chi connectivity index (χ1v) is 9.17. The Bertz CT molecular complexity index is 1030. The molecule has 3 aromatic rings. The van der Waals surface area contributed by atoms with Gasteiger partial charge in [0.1, 0.15) is 11.5 Å². The molecule has 4 nitrogen and oxygen atoms in total. The van der Waals surface area contributed by atoms with Crippen molar-refractivity contribution in [1.82, 2.24) is 5.01 Å². The Balaban J connectivity index is 1.61. The Labute approximate surface area is 158 Å². The summed E-state index contributed by atoms with van der Waals surface area (Å²) in [6.45, 7) is 2.08. The quantitative estimate of drug-likeness (QED) is 0.707. The largest absolute Gasteiger partial charge is 0.507 e. The molecule has 0 saturated carbocycles. The minimum absolute atomic E-state index is 0.0934. The van der Waals surface area contributed by atoms with Crippen LogP contribution in [0.1, 0.15) is 40.9 Å². The van der Waals surface area contributed by atoms with E-state index < -0.39 is 0 Å². The van der Waals surface area contributed by atoms with E-state index in [1.807, 2.05) is 41.4 Å². The van der Waals surface area contributed by atoms with E-state index in [9.17, 15) is 5.11 Å². The van der Waals surface area contributed by atoms with Gasteiger partial charge in [-0.15, -0.1) is 0 Å². The van der Waals surface area contributed by atoms with E-state index in [0.717, 1.165) is 34.6 Å². The van der Waals surface area contributed by atoms with Gasteiger partial charge in [-0.25, -0.2) is 5.01 Å². The summed E-state index contributed by atoms with van der Waals surface area (Å²) in [6, 6.07) is 24.0. The third-order valence-electron chi connectivity index (χ3n) is 5.28. The lowest BCUT2D eigenvalue weighted by Crippen LogP contribution is -2.33. The predicted molar refractivity (Wildman–Crippen MR) is 105 cm³/mol. The second-order valence-electron chi connectivity index (χ2n) is 7.08. The number of hydrogen-bond acceptors (Lipinski definition) is 4. The van der Waals surface area contributed by atoms with Crippen molar-refractivity contribution in [2.45, 2.75) is 25.6 Å². The van der Waals surface area contributed by atoms with Crippen molar-refractivity contribution in [2.24, 2.45) is 5.10 Å². The van der Waals surface area contributed by atoms with Crippen LogP contribution >= 0.6 is 0 Å². The van der Waals surface area contributed by atoms with Crippen LogP contribution < -0.4 is 4.74 Å². The van der Waals surface area contributed by atoms with Crippen molar-refractivity contribution in [3.8, 4) is 11.5 Å². The highest BCUT2D eigenvalue weighted by Crippen LogP contribution is 2.47.